The minimum absolute atomic E-state index is 0.0739. The van der Waals surface area contributed by atoms with Crippen LogP contribution in [0, 0.1) is 0 Å². The maximum Gasteiger partial charge on any atom is 0.241 e. The molecule has 0 bridgehead atoms. The van der Waals surface area contributed by atoms with E-state index in [2.05, 4.69) is 4.72 Å². The van der Waals surface area contributed by atoms with Gasteiger partial charge in [-0.25, -0.2) is 13.1 Å². The summed E-state index contributed by atoms with van der Waals surface area (Å²) >= 11 is 0. The molecule has 1 rings (SSSR count). The summed E-state index contributed by atoms with van der Waals surface area (Å²) in [5.74, 6) is 0. The molecule has 0 heterocycles. The molecule has 2 N–H and O–H groups in total. The third-order valence-electron chi connectivity index (χ3n) is 2.62. The molecule has 1 atom stereocenters. The summed E-state index contributed by atoms with van der Waals surface area (Å²) in [5.41, 5.74) is 0.357. The van der Waals surface area contributed by atoms with Crippen molar-refractivity contribution in [3.05, 3.63) is 29.8 Å². The highest BCUT2D eigenvalue weighted by Gasteiger charge is 2.19. The fourth-order valence-corrected chi connectivity index (χ4v) is 2.87. The van der Waals surface area contributed by atoms with Crippen molar-refractivity contribution in [3.8, 4) is 0 Å². The van der Waals surface area contributed by atoms with Crippen molar-refractivity contribution in [2.75, 3.05) is 27.4 Å². The second-order valence-corrected chi connectivity index (χ2v) is 5.67. The van der Waals surface area contributed by atoms with Crippen LogP contribution in [0.2, 0.25) is 0 Å². The van der Waals surface area contributed by atoms with Gasteiger partial charge in [0.05, 0.1) is 24.2 Å². The molecule has 0 fully saturated rings. The average molecular weight is 289 g/mol. The van der Waals surface area contributed by atoms with Gasteiger partial charge in [-0.15, -0.1) is 0 Å². The molecular weight excluding hydrogens is 270 g/mol. The van der Waals surface area contributed by atoms with Gasteiger partial charge in [0, 0.05) is 20.8 Å². The van der Waals surface area contributed by atoms with Gasteiger partial charge in [0.15, 0.2) is 0 Å². The van der Waals surface area contributed by atoms with Crippen molar-refractivity contribution < 1.29 is 23.0 Å². The van der Waals surface area contributed by atoms with Crippen molar-refractivity contribution in [2.24, 2.45) is 0 Å². The lowest BCUT2D eigenvalue weighted by molar-refractivity contribution is 0.0320. The molecule has 6 nitrogen and oxygen atoms in total. The molecule has 0 aromatic heterocycles. The topological polar surface area (TPSA) is 84.9 Å². The number of methoxy groups -OCH3 is 2. The number of sulfonamides is 1. The van der Waals surface area contributed by atoms with Gasteiger partial charge in [-0.05, 0) is 11.6 Å². The zero-order chi connectivity index (χ0) is 14.3. The summed E-state index contributed by atoms with van der Waals surface area (Å²) in [6.45, 7) is 0.0654. The Morgan fingerprint density at radius 1 is 1.32 bits per heavy atom. The van der Waals surface area contributed by atoms with Crippen LogP contribution in [0.15, 0.2) is 29.2 Å². The van der Waals surface area contributed by atoms with Crippen molar-refractivity contribution in [2.45, 2.75) is 17.6 Å². The van der Waals surface area contributed by atoms with Crippen LogP contribution in [-0.2, 0) is 26.1 Å². The highest BCUT2D eigenvalue weighted by Crippen LogP contribution is 2.15. The predicted octanol–water partition coefficient (Wildman–Crippen LogP) is 0.119. The standard InChI is InChI=1S/C12H19NO5S/c1-17-9-11(18-2)7-13-19(15,16)12-6-4-3-5-10(12)8-14/h3-6,11,13-14H,7-9H2,1-2H3. The molecule has 0 aliphatic heterocycles. The number of aliphatic hydroxyl groups is 1. The van der Waals surface area contributed by atoms with Crippen molar-refractivity contribution in [1.82, 2.24) is 4.72 Å². The molecule has 1 aromatic rings. The molecule has 0 saturated heterocycles. The van der Waals surface area contributed by atoms with Crippen LogP contribution in [-0.4, -0.2) is 47.0 Å². The van der Waals surface area contributed by atoms with E-state index in [1.54, 1.807) is 18.2 Å². The molecule has 0 aliphatic rings. The molecular formula is C12H19NO5S. The van der Waals surface area contributed by atoms with E-state index in [0.29, 0.717) is 12.2 Å². The van der Waals surface area contributed by atoms with Crippen molar-refractivity contribution >= 4 is 10.0 Å². The van der Waals surface area contributed by atoms with E-state index in [9.17, 15) is 8.42 Å². The maximum atomic E-state index is 12.1. The molecule has 0 spiro atoms. The van der Waals surface area contributed by atoms with Gasteiger partial charge in [0.1, 0.15) is 0 Å². The predicted molar refractivity (Wildman–Crippen MR) is 70.2 cm³/mol. The smallest absolute Gasteiger partial charge is 0.241 e. The van der Waals surface area contributed by atoms with Crippen LogP contribution in [0.3, 0.4) is 0 Å². The second kappa shape index (κ2) is 7.56. The SMILES string of the molecule is COCC(CNS(=O)(=O)c1ccccc1CO)OC. The van der Waals surface area contributed by atoms with Gasteiger partial charge in [0.2, 0.25) is 10.0 Å². The van der Waals surface area contributed by atoms with Crippen LogP contribution >= 0.6 is 0 Å². The Balaban J connectivity index is 2.81. The monoisotopic (exact) mass is 289 g/mol. The van der Waals surface area contributed by atoms with E-state index in [-0.39, 0.29) is 24.2 Å². The van der Waals surface area contributed by atoms with Gasteiger partial charge in [0.25, 0.3) is 0 Å². The first-order valence-corrected chi connectivity index (χ1v) is 7.23. The van der Waals surface area contributed by atoms with Gasteiger partial charge < -0.3 is 14.6 Å². The number of nitrogens with one attached hydrogen (secondary N) is 1. The lowest BCUT2D eigenvalue weighted by Gasteiger charge is -2.16. The van der Waals surface area contributed by atoms with Crippen molar-refractivity contribution in [3.63, 3.8) is 0 Å². The van der Waals surface area contributed by atoms with Crippen LogP contribution < -0.4 is 4.72 Å². The summed E-state index contributed by atoms with van der Waals surface area (Å²) in [4.78, 5) is 0.0739. The summed E-state index contributed by atoms with van der Waals surface area (Å²) in [6, 6.07) is 6.30. The highest BCUT2D eigenvalue weighted by molar-refractivity contribution is 7.89. The minimum Gasteiger partial charge on any atom is -0.392 e. The van der Waals surface area contributed by atoms with Gasteiger partial charge >= 0.3 is 0 Å². The van der Waals surface area contributed by atoms with E-state index in [4.69, 9.17) is 14.6 Å². The Morgan fingerprint density at radius 3 is 2.58 bits per heavy atom. The molecule has 0 radical (unpaired) electrons. The number of hydrogen-bond acceptors (Lipinski definition) is 5. The summed E-state index contributed by atoms with van der Waals surface area (Å²) < 4.78 is 36.7. The van der Waals surface area contributed by atoms with Crippen LogP contribution in [0.1, 0.15) is 5.56 Å². The normalized spacial score (nSPS) is 13.4. The molecule has 0 aliphatic carbocycles. The number of hydrogen-bond donors (Lipinski definition) is 2. The largest absolute Gasteiger partial charge is 0.392 e. The Labute approximate surface area is 113 Å². The first-order valence-electron chi connectivity index (χ1n) is 5.75. The molecule has 0 amide bonds. The van der Waals surface area contributed by atoms with Gasteiger partial charge in [-0.3, -0.25) is 0 Å². The van der Waals surface area contributed by atoms with Gasteiger partial charge in [-0.2, -0.15) is 0 Å². The fraction of sp³-hybridized carbons (Fsp3) is 0.500. The van der Waals surface area contributed by atoms with E-state index >= 15 is 0 Å². The Bertz CT molecular complexity index is 489. The molecule has 108 valence electrons. The molecule has 1 aromatic carbocycles. The number of rotatable bonds is 8. The third-order valence-corrected chi connectivity index (χ3v) is 4.14. The number of benzene rings is 1. The Kier molecular flexibility index (Phi) is 6.40. The lowest BCUT2D eigenvalue weighted by Crippen LogP contribution is -2.35. The minimum atomic E-state index is -3.67. The summed E-state index contributed by atoms with van der Waals surface area (Å²) in [6.07, 6.45) is -0.360. The molecule has 0 saturated carbocycles. The first-order chi connectivity index (χ1) is 9.05. The van der Waals surface area contributed by atoms with E-state index in [1.165, 1.54) is 20.3 Å². The van der Waals surface area contributed by atoms with Crippen LogP contribution in [0.4, 0.5) is 0 Å². The molecule has 1 unspecified atom stereocenters. The van der Waals surface area contributed by atoms with Crippen LogP contribution in [0.25, 0.3) is 0 Å². The third kappa shape index (κ3) is 4.55. The molecule has 19 heavy (non-hydrogen) atoms. The lowest BCUT2D eigenvalue weighted by atomic mass is 10.2. The second-order valence-electron chi connectivity index (χ2n) is 3.93. The average Bonchev–Trinajstić information content (AvgIpc) is 2.43. The van der Waals surface area contributed by atoms with Crippen LogP contribution in [0.5, 0.6) is 0 Å². The van der Waals surface area contributed by atoms with E-state index in [0.717, 1.165) is 0 Å². The summed E-state index contributed by atoms with van der Waals surface area (Å²) in [7, 11) is -0.671. The zero-order valence-corrected chi connectivity index (χ0v) is 11.8. The maximum absolute atomic E-state index is 12.1. The number of aliphatic hydroxyl groups excluding tert-OH is 1. The summed E-state index contributed by atoms with van der Waals surface area (Å²) in [5, 5.41) is 9.15. The Hall–Kier alpha value is -0.990. The zero-order valence-electron chi connectivity index (χ0n) is 11.0. The molecule has 7 heteroatoms. The van der Waals surface area contributed by atoms with Crippen molar-refractivity contribution in [1.29, 1.82) is 0 Å². The fourth-order valence-electron chi connectivity index (χ4n) is 1.57. The Morgan fingerprint density at radius 2 is 2.00 bits per heavy atom. The quantitative estimate of drug-likeness (QED) is 0.710. The van der Waals surface area contributed by atoms with E-state index in [1.807, 2.05) is 0 Å². The van der Waals surface area contributed by atoms with E-state index < -0.39 is 10.0 Å². The highest BCUT2D eigenvalue weighted by atomic mass is 32.2. The first kappa shape index (κ1) is 16.1. The number of ether oxygens (including phenoxy) is 2. The van der Waals surface area contributed by atoms with Gasteiger partial charge in [-0.1, -0.05) is 18.2 Å².